The normalized spacial score (nSPS) is 13.2. The van der Waals surface area contributed by atoms with E-state index in [9.17, 15) is 0 Å². The average Bonchev–Trinajstić information content (AvgIpc) is 2.38. The molecule has 0 aliphatic heterocycles. The van der Waals surface area contributed by atoms with E-state index in [4.69, 9.17) is 11.6 Å². The van der Waals surface area contributed by atoms with Crippen LogP contribution in [0.25, 0.3) is 0 Å². The van der Waals surface area contributed by atoms with Crippen molar-refractivity contribution in [2.45, 2.75) is 45.4 Å². The lowest BCUT2D eigenvalue weighted by atomic mass is 9.85. The minimum absolute atomic E-state index is 0.219. The van der Waals surface area contributed by atoms with E-state index in [1.807, 2.05) is 12.1 Å². The first-order valence-corrected chi connectivity index (χ1v) is 7.59. The minimum atomic E-state index is 0.219. The SMILES string of the molecule is CC(Cc1ccc(C(C)(C)C)cc1)c1cccc(Cl)c1. The molecule has 1 unspecified atom stereocenters. The average molecular weight is 287 g/mol. The van der Waals surface area contributed by atoms with Crippen molar-refractivity contribution >= 4 is 11.6 Å². The predicted molar refractivity (Wildman–Crippen MR) is 88.7 cm³/mol. The van der Waals surface area contributed by atoms with Gasteiger partial charge in [0, 0.05) is 5.02 Å². The van der Waals surface area contributed by atoms with Gasteiger partial charge in [-0.3, -0.25) is 0 Å². The van der Waals surface area contributed by atoms with Gasteiger partial charge in [0.05, 0.1) is 0 Å². The Hall–Kier alpha value is -1.27. The van der Waals surface area contributed by atoms with Crippen molar-refractivity contribution in [2.75, 3.05) is 0 Å². The standard InChI is InChI=1S/C19H23Cl/c1-14(16-6-5-7-18(20)13-16)12-15-8-10-17(11-9-15)19(2,3)4/h5-11,13-14H,12H2,1-4H3. The summed E-state index contributed by atoms with van der Waals surface area (Å²) in [6.45, 7) is 8.99. The molecule has 0 saturated carbocycles. The van der Waals surface area contributed by atoms with E-state index in [-0.39, 0.29) is 5.41 Å². The lowest BCUT2D eigenvalue weighted by molar-refractivity contribution is 0.589. The molecule has 0 aliphatic rings. The predicted octanol–water partition coefficient (Wildman–Crippen LogP) is 5.98. The highest BCUT2D eigenvalue weighted by atomic mass is 35.5. The first-order chi connectivity index (χ1) is 9.36. The molecule has 0 bridgehead atoms. The largest absolute Gasteiger partial charge is 0.0843 e. The molecule has 0 fully saturated rings. The molecule has 0 saturated heterocycles. The summed E-state index contributed by atoms with van der Waals surface area (Å²) in [6, 6.07) is 17.2. The molecular formula is C19H23Cl. The molecule has 2 aromatic carbocycles. The summed E-state index contributed by atoms with van der Waals surface area (Å²) in [5.41, 5.74) is 4.29. The van der Waals surface area contributed by atoms with Crippen molar-refractivity contribution in [3.8, 4) is 0 Å². The van der Waals surface area contributed by atoms with E-state index < -0.39 is 0 Å². The van der Waals surface area contributed by atoms with Crippen molar-refractivity contribution in [1.82, 2.24) is 0 Å². The van der Waals surface area contributed by atoms with Crippen molar-refractivity contribution in [2.24, 2.45) is 0 Å². The Bertz CT molecular complexity index is 561. The van der Waals surface area contributed by atoms with Crippen LogP contribution in [0.1, 0.15) is 50.3 Å². The van der Waals surface area contributed by atoms with Crippen molar-refractivity contribution < 1.29 is 0 Å². The van der Waals surface area contributed by atoms with Crippen LogP contribution in [0.2, 0.25) is 5.02 Å². The van der Waals surface area contributed by atoms with E-state index in [1.165, 1.54) is 16.7 Å². The van der Waals surface area contributed by atoms with Gasteiger partial charge in [-0.25, -0.2) is 0 Å². The van der Waals surface area contributed by atoms with Gasteiger partial charge in [0.1, 0.15) is 0 Å². The number of hydrogen-bond acceptors (Lipinski definition) is 0. The summed E-state index contributed by atoms with van der Waals surface area (Å²) in [4.78, 5) is 0. The second kappa shape index (κ2) is 6.01. The molecule has 20 heavy (non-hydrogen) atoms. The maximum Gasteiger partial charge on any atom is 0.0408 e. The van der Waals surface area contributed by atoms with Gasteiger partial charge in [-0.15, -0.1) is 0 Å². The Kier molecular flexibility index (Phi) is 4.55. The second-order valence-electron chi connectivity index (χ2n) is 6.61. The third kappa shape index (κ3) is 3.86. The zero-order chi connectivity index (χ0) is 14.8. The lowest BCUT2D eigenvalue weighted by Gasteiger charge is -2.19. The third-order valence-corrected chi connectivity index (χ3v) is 4.01. The molecule has 0 heterocycles. The topological polar surface area (TPSA) is 0 Å². The Balaban J connectivity index is 2.10. The summed E-state index contributed by atoms with van der Waals surface area (Å²) >= 11 is 6.06. The fourth-order valence-electron chi connectivity index (χ4n) is 2.43. The first kappa shape index (κ1) is 15.1. The zero-order valence-electron chi connectivity index (χ0n) is 12.8. The van der Waals surface area contributed by atoms with Crippen LogP contribution in [-0.2, 0) is 11.8 Å². The molecule has 2 rings (SSSR count). The van der Waals surface area contributed by atoms with Gasteiger partial charge in [0.15, 0.2) is 0 Å². The van der Waals surface area contributed by atoms with E-state index in [0.29, 0.717) is 5.92 Å². The summed E-state index contributed by atoms with van der Waals surface area (Å²) in [5.74, 6) is 0.481. The molecule has 106 valence electrons. The molecule has 0 spiro atoms. The van der Waals surface area contributed by atoms with Crippen LogP contribution in [0.4, 0.5) is 0 Å². The molecule has 0 amide bonds. The monoisotopic (exact) mass is 286 g/mol. The number of rotatable bonds is 3. The molecule has 2 aromatic rings. The molecule has 0 nitrogen and oxygen atoms in total. The first-order valence-electron chi connectivity index (χ1n) is 7.21. The van der Waals surface area contributed by atoms with Gasteiger partial charge >= 0.3 is 0 Å². The summed E-state index contributed by atoms with van der Waals surface area (Å²) in [6.07, 6.45) is 1.05. The number of halogens is 1. The number of hydrogen-bond donors (Lipinski definition) is 0. The highest BCUT2D eigenvalue weighted by Gasteiger charge is 2.13. The van der Waals surface area contributed by atoms with Crippen molar-refractivity contribution in [1.29, 1.82) is 0 Å². The van der Waals surface area contributed by atoms with E-state index in [1.54, 1.807) is 0 Å². The maximum absolute atomic E-state index is 6.06. The van der Waals surface area contributed by atoms with Crippen LogP contribution in [0, 0.1) is 0 Å². The fraction of sp³-hybridized carbons (Fsp3) is 0.368. The second-order valence-corrected chi connectivity index (χ2v) is 7.04. The van der Waals surface area contributed by atoms with Crippen LogP contribution in [0.3, 0.4) is 0 Å². The van der Waals surface area contributed by atoms with E-state index in [2.05, 4.69) is 64.1 Å². The highest BCUT2D eigenvalue weighted by Crippen LogP contribution is 2.26. The molecule has 1 heteroatoms. The summed E-state index contributed by atoms with van der Waals surface area (Å²) in [5, 5.41) is 0.817. The third-order valence-electron chi connectivity index (χ3n) is 3.78. The van der Waals surface area contributed by atoms with E-state index >= 15 is 0 Å². The Labute approximate surface area is 127 Å². The molecule has 0 radical (unpaired) electrons. The molecule has 0 N–H and O–H groups in total. The van der Waals surface area contributed by atoms with Gasteiger partial charge in [0.25, 0.3) is 0 Å². The van der Waals surface area contributed by atoms with Crippen LogP contribution in [-0.4, -0.2) is 0 Å². The van der Waals surface area contributed by atoms with E-state index in [0.717, 1.165) is 11.4 Å². The van der Waals surface area contributed by atoms with Crippen molar-refractivity contribution in [3.63, 3.8) is 0 Å². The van der Waals surface area contributed by atoms with Gasteiger partial charge in [0.2, 0.25) is 0 Å². The Morgan fingerprint density at radius 2 is 1.65 bits per heavy atom. The summed E-state index contributed by atoms with van der Waals surface area (Å²) in [7, 11) is 0. The molecule has 0 aromatic heterocycles. The van der Waals surface area contributed by atoms with Gasteiger partial charge in [-0.1, -0.05) is 75.7 Å². The molecule has 0 aliphatic carbocycles. The molecular weight excluding hydrogens is 264 g/mol. The van der Waals surface area contributed by atoms with Crippen LogP contribution in [0.15, 0.2) is 48.5 Å². The zero-order valence-corrected chi connectivity index (χ0v) is 13.5. The van der Waals surface area contributed by atoms with Crippen molar-refractivity contribution in [3.05, 3.63) is 70.2 Å². The maximum atomic E-state index is 6.06. The van der Waals surface area contributed by atoms with Crippen LogP contribution < -0.4 is 0 Å². The van der Waals surface area contributed by atoms with Gasteiger partial charge < -0.3 is 0 Å². The lowest BCUT2D eigenvalue weighted by Crippen LogP contribution is -2.10. The quantitative estimate of drug-likeness (QED) is 0.651. The Morgan fingerprint density at radius 3 is 2.20 bits per heavy atom. The highest BCUT2D eigenvalue weighted by molar-refractivity contribution is 6.30. The minimum Gasteiger partial charge on any atom is -0.0843 e. The summed E-state index contributed by atoms with van der Waals surface area (Å²) < 4.78 is 0. The molecule has 1 atom stereocenters. The van der Waals surface area contributed by atoms with Gasteiger partial charge in [-0.2, -0.15) is 0 Å². The smallest absolute Gasteiger partial charge is 0.0408 e. The van der Waals surface area contributed by atoms with Crippen LogP contribution in [0.5, 0.6) is 0 Å². The van der Waals surface area contributed by atoms with Gasteiger partial charge in [-0.05, 0) is 46.6 Å². The fourth-order valence-corrected chi connectivity index (χ4v) is 2.62. The Morgan fingerprint density at radius 1 is 1.00 bits per heavy atom. The number of benzene rings is 2. The van der Waals surface area contributed by atoms with Crippen LogP contribution >= 0.6 is 11.6 Å².